The van der Waals surface area contributed by atoms with E-state index < -0.39 is 5.97 Å². The van der Waals surface area contributed by atoms with Gasteiger partial charge in [-0.3, -0.25) is 9.48 Å². The fraction of sp³-hybridized carbons (Fsp3) is 0.125. The van der Waals surface area contributed by atoms with Gasteiger partial charge in [-0.1, -0.05) is 0 Å². The largest absolute Gasteiger partial charge is 0.422 e. The minimum atomic E-state index is -0.500. The molecular weight excluding hydrogens is 310 g/mol. The molecule has 0 fully saturated rings. The van der Waals surface area contributed by atoms with Gasteiger partial charge in [-0.2, -0.15) is 5.10 Å². The predicted octanol–water partition coefficient (Wildman–Crippen LogP) is 1.63. The van der Waals surface area contributed by atoms with E-state index in [1.54, 1.807) is 61.4 Å². The van der Waals surface area contributed by atoms with Crippen molar-refractivity contribution in [2.75, 3.05) is 5.32 Å². The van der Waals surface area contributed by atoms with Crippen molar-refractivity contribution in [2.24, 2.45) is 14.1 Å². The summed E-state index contributed by atoms with van der Waals surface area (Å²) in [7, 11) is 3.40. The zero-order valence-electron chi connectivity index (χ0n) is 13.1. The summed E-state index contributed by atoms with van der Waals surface area (Å²) in [4.78, 5) is 28.0. The van der Waals surface area contributed by atoms with Gasteiger partial charge < -0.3 is 14.6 Å². The summed E-state index contributed by atoms with van der Waals surface area (Å²) >= 11 is 0. The molecule has 0 atom stereocenters. The highest BCUT2D eigenvalue weighted by molar-refractivity contribution is 6.01. The molecule has 1 aromatic carbocycles. The molecule has 2 aromatic heterocycles. The van der Waals surface area contributed by atoms with Gasteiger partial charge in [-0.05, 0) is 30.3 Å². The number of ether oxygens (including phenoxy) is 1. The molecule has 0 aliphatic heterocycles. The number of benzene rings is 1. The van der Waals surface area contributed by atoms with Gasteiger partial charge in [0.25, 0.3) is 5.91 Å². The van der Waals surface area contributed by atoms with Gasteiger partial charge in [0, 0.05) is 38.4 Å². The number of carbonyl (C=O) groups excluding carboxylic acids is 2. The Hall–Kier alpha value is -3.42. The van der Waals surface area contributed by atoms with E-state index in [0.29, 0.717) is 23.0 Å². The van der Waals surface area contributed by atoms with Crippen LogP contribution in [0.15, 0.2) is 48.9 Å². The molecule has 0 spiro atoms. The molecule has 1 N–H and O–H groups in total. The number of imidazole rings is 1. The third-order valence-electron chi connectivity index (χ3n) is 3.38. The number of nitrogens with zero attached hydrogens (tertiary/aromatic N) is 4. The first-order chi connectivity index (χ1) is 11.5. The van der Waals surface area contributed by atoms with Crippen LogP contribution in [0, 0.1) is 0 Å². The Kier molecular flexibility index (Phi) is 4.11. The zero-order chi connectivity index (χ0) is 17.1. The minimum absolute atomic E-state index is 0.307. The Morgan fingerprint density at radius 1 is 1.08 bits per heavy atom. The van der Waals surface area contributed by atoms with Crippen molar-refractivity contribution in [3.8, 4) is 5.75 Å². The molecule has 122 valence electrons. The Morgan fingerprint density at radius 3 is 2.42 bits per heavy atom. The summed E-state index contributed by atoms with van der Waals surface area (Å²) in [5.74, 6) is -0.139. The number of hydrogen-bond donors (Lipinski definition) is 1. The van der Waals surface area contributed by atoms with Gasteiger partial charge in [-0.25, -0.2) is 9.78 Å². The van der Waals surface area contributed by atoms with E-state index in [4.69, 9.17) is 4.74 Å². The highest BCUT2D eigenvalue weighted by Crippen LogP contribution is 2.17. The average Bonchev–Trinajstić information content (AvgIpc) is 3.17. The summed E-state index contributed by atoms with van der Waals surface area (Å²) in [6.07, 6.45) is 4.76. The van der Waals surface area contributed by atoms with Crippen molar-refractivity contribution in [1.82, 2.24) is 19.3 Å². The quantitative estimate of drug-likeness (QED) is 0.581. The number of aromatic nitrogens is 4. The van der Waals surface area contributed by atoms with E-state index in [1.165, 1.54) is 10.9 Å². The number of esters is 1. The number of hydrogen-bond acceptors (Lipinski definition) is 5. The first kappa shape index (κ1) is 15.5. The van der Waals surface area contributed by atoms with Crippen LogP contribution in [0.4, 0.5) is 5.69 Å². The maximum atomic E-state index is 12.1. The Balaban J connectivity index is 1.65. The monoisotopic (exact) mass is 325 g/mol. The van der Waals surface area contributed by atoms with Crippen LogP contribution in [0.1, 0.15) is 21.1 Å². The summed E-state index contributed by atoms with van der Waals surface area (Å²) < 4.78 is 8.32. The Bertz CT molecular complexity index is 806. The molecule has 0 unspecified atom stereocenters. The van der Waals surface area contributed by atoms with Gasteiger partial charge >= 0.3 is 5.97 Å². The van der Waals surface area contributed by atoms with Crippen molar-refractivity contribution < 1.29 is 14.3 Å². The molecule has 0 saturated heterocycles. The SMILES string of the molecule is Cn1ccnc1C(=O)Nc1ccc(OC(=O)c2ccnn2C)cc1. The van der Waals surface area contributed by atoms with Crippen LogP contribution in [0.2, 0.25) is 0 Å². The van der Waals surface area contributed by atoms with E-state index in [-0.39, 0.29) is 5.91 Å². The molecule has 0 aliphatic carbocycles. The molecule has 2 heterocycles. The molecule has 0 aliphatic rings. The third kappa shape index (κ3) is 3.17. The second-order valence-corrected chi connectivity index (χ2v) is 5.07. The Morgan fingerprint density at radius 2 is 1.83 bits per heavy atom. The number of carbonyl (C=O) groups is 2. The lowest BCUT2D eigenvalue weighted by Gasteiger charge is -2.07. The first-order valence-electron chi connectivity index (χ1n) is 7.13. The summed E-state index contributed by atoms with van der Waals surface area (Å²) in [5, 5.41) is 6.64. The summed E-state index contributed by atoms with van der Waals surface area (Å²) in [5.41, 5.74) is 0.922. The zero-order valence-corrected chi connectivity index (χ0v) is 13.1. The summed E-state index contributed by atoms with van der Waals surface area (Å²) in [6, 6.07) is 8.06. The van der Waals surface area contributed by atoms with Gasteiger partial charge in [-0.15, -0.1) is 0 Å². The van der Waals surface area contributed by atoms with Crippen LogP contribution < -0.4 is 10.1 Å². The maximum absolute atomic E-state index is 12.1. The second-order valence-electron chi connectivity index (χ2n) is 5.07. The van der Waals surface area contributed by atoms with Crippen molar-refractivity contribution >= 4 is 17.6 Å². The molecule has 8 heteroatoms. The van der Waals surface area contributed by atoms with Crippen LogP contribution in [0.25, 0.3) is 0 Å². The smallest absolute Gasteiger partial charge is 0.361 e. The van der Waals surface area contributed by atoms with Crippen molar-refractivity contribution in [3.05, 3.63) is 60.4 Å². The molecule has 3 rings (SSSR count). The lowest BCUT2D eigenvalue weighted by atomic mass is 10.3. The van der Waals surface area contributed by atoms with Crippen LogP contribution in [0.3, 0.4) is 0 Å². The van der Waals surface area contributed by atoms with Gasteiger partial charge in [0.1, 0.15) is 11.4 Å². The van der Waals surface area contributed by atoms with E-state index in [1.807, 2.05) is 0 Å². The van der Waals surface area contributed by atoms with Crippen LogP contribution in [0.5, 0.6) is 5.75 Å². The number of aryl methyl sites for hydroxylation is 2. The molecule has 0 bridgehead atoms. The van der Waals surface area contributed by atoms with Gasteiger partial charge in [0.05, 0.1) is 0 Å². The molecule has 0 radical (unpaired) electrons. The van der Waals surface area contributed by atoms with Crippen molar-refractivity contribution in [3.63, 3.8) is 0 Å². The van der Waals surface area contributed by atoms with E-state index in [0.717, 1.165) is 0 Å². The number of amides is 1. The third-order valence-corrected chi connectivity index (χ3v) is 3.38. The number of rotatable bonds is 4. The van der Waals surface area contributed by atoms with E-state index >= 15 is 0 Å². The average molecular weight is 325 g/mol. The summed E-state index contributed by atoms with van der Waals surface area (Å²) in [6.45, 7) is 0. The van der Waals surface area contributed by atoms with Gasteiger partial charge in [0.2, 0.25) is 0 Å². The number of anilines is 1. The lowest BCUT2D eigenvalue weighted by molar-refractivity contribution is 0.0723. The molecule has 1 amide bonds. The van der Waals surface area contributed by atoms with Crippen molar-refractivity contribution in [2.45, 2.75) is 0 Å². The van der Waals surface area contributed by atoms with Crippen molar-refractivity contribution in [1.29, 1.82) is 0 Å². The Labute approximate surface area is 137 Å². The van der Waals surface area contributed by atoms with Gasteiger partial charge in [0.15, 0.2) is 5.82 Å². The van der Waals surface area contributed by atoms with Crippen LogP contribution in [-0.2, 0) is 14.1 Å². The van der Waals surface area contributed by atoms with Crippen LogP contribution in [-0.4, -0.2) is 31.2 Å². The number of nitrogens with one attached hydrogen (secondary N) is 1. The first-order valence-corrected chi connectivity index (χ1v) is 7.13. The fourth-order valence-electron chi connectivity index (χ4n) is 2.11. The molecule has 0 saturated carbocycles. The lowest BCUT2D eigenvalue weighted by Crippen LogP contribution is -2.16. The maximum Gasteiger partial charge on any atom is 0.361 e. The normalized spacial score (nSPS) is 10.4. The molecule has 8 nitrogen and oxygen atoms in total. The highest BCUT2D eigenvalue weighted by Gasteiger charge is 2.13. The van der Waals surface area contributed by atoms with E-state index in [2.05, 4.69) is 15.4 Å². The minimum Gasteiger partial charge on any atom is -0.422 e. The van der Waals surface area contributed by atoms with E-state index in [9.17, 15) is 9.59 Å². The predicted molar refractivity (Wildman–Crippen MR) is 85.8 cm³/mol. The second kappa shape index (κ2) is 6.37. The topological polar surface area (TPSA) is 91.0 Å². The molecular formula is C16H15N5O3. The molecule has 24 heavy (non-hydrogen) atoms. The fourth-order valence-corrected chi connectivity index (χ4v) is 2.11. The standard InChI is InChI=1S/C16H15N5O3/c1-20-10-9-17-14(20)15(22)19-11-3-5-12(6-4-11)24-16(23)13-7-8-18-21(13)2/h3-10H,1-2H3,(H,19,22). The molecule has 3 aromatic rings. The highest BCUT2D eigenvalue weighted by atomic mass is 16.5. The van der Waals surface area contributed by atoms with Crippen LogP contribution >= 0.6 is 0 Å².